The fourth-order valence-corrected chi connectivity index (χ4v) is 5.35. The van der Waals surface area contributed by atoms with Crippen molar-refractivity contribution >= 4 is 17.2 Å². The van der Waals surface area contributed by atoms with Gasteiger partial charge in [0, 0.05) is 31.3 Å². The number of hydrogen-bond donors (Lipinski definition) is 1. The number of carbonyl (C=O) groups is 1. The number of benzene rings is 1. The summed E-state index contributed by atoms with van der Waals surface area (Å²) in [6.45, 7) is 2.51. The summed E-state index contributed by atoms with van der Waals surface area (Å²) in [5.41, 5.74) is -0.264. The number of carbonyl (C=O) groups excluding carboxylic acids is 1. The van der Waals surface area contributed by atoms with Gasteiger partial charge in [-0.05, 0) is 37.8 Å². The minimum Gasteiger partial charge on any atom is -0.503 e. The van der Waals surface area contributed by atoms with E-state index in [0.717, 1.165) is 36.7 Å². The molecular weight excluding hydrogens is 438 g/mol. The molecule has 32 heavy (non-hydrogen) atoms. The van der Waals surface area contributed by atoms with Crippen molar-refractivity contribution in [3.63, 3.8) is 0 Å². The van der Waals surface area contributed by atoms with Crippen LogP contribution in [0.25, 0.3) is 10.6 Å². The lowest BCUT2D eigenvalue weighted by molar-refractivity contribution is 0.0606. The smallest absolute Gasteiger partial charge is 0.274 e. The molecule has 2 bridgehead atoms. The largest absolute Gasteiger partial charge is 0.503 e. The van der Waals surface area contributed by atoms with E-state index in [1.807, 2.05) is 6.92 Å². The number of halogens is 2. The van der Waals surface area contributed by atoms with E-state index in [1.165, 1.54) is 12.1 Å². The fourth-order valence-electron chi connectivity index (χ4n) is 4.48. The standard InChI is InChI=1S/C22H20F2N4O3S/c1-11-3-2-4-14-9-27(11)22(31)18-20(30)19(29)15(10-28(14)18)21-26-25-17(32-21)7-12-5-6-13(23)8-16(12)24/h5-6,8,10-11,14,30H,2-4,7,9H2,1H3/t11-,14-/m0/s1. The highest BCUT2D eigenvalue weighted by atomic mass is 32.1. The van der Waals surface area contributed by atoms with Gasteiger partial charge >= 0.3 is 0 Å². The van der Waals surface area contributed by atoms with Gasteiger partial charge in [-0.3, -0.25) is 9.59 Å². The van der Waals surface area contributed by atoms with E-state index in [-0.39, 0.29) is 46.2 Å². The molecule has 0 spiro atoms. The van der Waals surface area contributed by atoms with Crippen LogP contribution in [-0.2, 0) is 6.42 Å². The lowest BCUT2D eigenvalue weighted by Gasteiger charge is -2.37. The molecule has 2 aliphatic rings. The molecule has 0 radical (unpaired) electrons. The van der Waals surface area contributed by atoms with Gasteiger partial charge in [-0.25, -0.2) is 8.78 Å². The Morgan fingerprint density at radius 1 is 1.22 bits per heavy atom. The molecular formula is C22H20F2N4O3S. The number of hydrogen-bond acceptors (Lipinski definition) is 6. The Kier molecular flexibility index (Phi) is 5.04. The van der Waals surface area contributed by atoms with Crippen LogP contribution in [0.4, 0.5) is 8.78 Å². The predicted molar refractivity (Wildman–Crippen MR) is 114 cm³/mol. The molecule has 2 aromatic heterocycles. The van der Waals surface area contributed by atoms with E-state index in [0.29, 0.717) is 11.6 Å². The number of aromatic hydroxyl groups is 1. The second kappa shape index (κ2) is 7.77. The summed E-state index contributed by atoms with van der Waals surface area (Å²) in [5.74, 6) is -2.28. The Labute approximate surface area is 186 Å². The third-order valence-corrected chi connectivity index (χ3v) is 7.18. The van der Waals surface area contributed by atoms with Crippen molar-refractivity contribution in [3.05, 3.63) is 62.5 Å². The van der Waals surface area contributed by atoms with Crippen molar-refractivity contribution in [1.29, 1.82) is 0 Å². The first kappa shape index (κ1) is 20.7. The molecule has 2 atom stereocenters. The number of amides is 1. The van der Waals surface area contributed by atoms with Gasteiger partial charge in [-0.2, -0.15) is 0 Å². The third-order valence-electron chi connectivity index (χ3n) is 6.22. The average molecular weight is 458 g/mol. The number of nitrogens with zero attached hydrogens (tertiary/aromatic N) is 4. The molecule has 1 saturated heterocycles. The summed E-state index contributed by atoms with van der Waals surface area (Å²) in [6, 6.07) is 3.32. The number of fused-ring (bicyclic) bond motifs is 4. The first-order valence-corrected chi connectivity index (χ1v) is 11.2. The van der Waals surface area contributed by atoms with E-state index >= 15 is 0 Å². The van der Waals surface area contributed by atoms with E-state index in [1.54, 1.807) is 15.7 Å². The van der Waals surface area contributed by atoms with Crippen molar-refractivity contribution in [2.45, 2.75) is 44.7 Å². The van der Waals surface area contributed by atoms with E-state index in [4.69, 9.17) is 0 Å². The highest BCUT2D eigenvalue weighted by Crippen LogP contribution is 2.36. The van der Waals surface area contributed by atoms with Crippen molar-refractivity contribution in [1.82, 2.24) is 19.7 Å². The van der Waals surface area contributed by atoms with Crippen LogP contribution >= 0.6 is 11.3 Å². The third kappa shape index (κ3) is 3.38. The molecule has 7 nitrogen and oxygen atoms in total. The van der Waals surface area contributed by atoms with Crippen LogP contribution in [0.5, 0.6) is 5.75 Å². The lowest BCUT2D eigenvalue weighted by atomic mass is 10.1. The first-order valence-electron chi connectivity index (χ1n) is 10.4. The Balaban J connectivity index is 1.54. The molecule has 0 aliphatic carbocycles. The van der Waals surface area contributed by atoms with Gasteiger partial charge in [-0.1, -0.05) is 17.4 Å². The van der Waals surface area contributed by atoms with Crippen LogP contribution < -0.4 is 5.43 Å². The fraction of sp³-hybridized carbons (Fsp3) is 0.364. The highest BCUT2D eigenvalue weighted by molar-refractivity contribution is 7.14. The zero-order valence-electron chi connectivity index (χ0n) is 17.2. The summed E-state index contributed by atoms with van der Waals surface area (Å²) < 4.78 is 28.8. The van der Waals surface area contributed by atoms with Gasteiger partial charge in [0.2, 0.25) is 5.43 Å². The molecule has 10 heteroatoms. The monoisotopic (exact) mass is 458 g/mol. The summed E-state index contributed by atoms with van der Waals surface area (Å²) in [4.78, 5) is 27.7. The molecule has 5 rings (SSSR count). The van der Waals surface area contributed by atoms with Crippen LogP contribution in [0, 0.1) is 11.6 Å². The first-order chi connectivity index (χ1) is 15.3. The number of aromatic nitrogens is 3. The average Bonchev–Trinajstić information content (AvgIpc) is 3.14. The second-order valence-corrected chi connectivity index (χ2v) is 9.34. The van der Waals surface area contributed by atoms with Crippen LogP contribution in [0.3, 0.4) is 0 Å². The summed E-state index contributed by atoms with van der Waals surface area (Å²) >= 11 is 1.09. The van der Waals surface area contributed by atoms with Gasteiger partial charge in [-0.15, -0.1) is 10.2 Å². The molecule has 3 aromatic rings. The predicted octanol–water partition coefficient (Wildman–Crippen LogP) is 3.51. The molecule has 166 valence electrons. The zero-order valence-corrected chi connectivity index (χ0v) is 18.0. The van der Waals surface area contributed by atoms with Gasteiger partial charge in [0.15, 0.2) is 16.5 Å². The molecule has 1 fully saturated rings. The molecule has 1 amide bonds. The number of pyridine rings is 1. The van der Waals surface area contributed by atoms with Gasteiger partial charge < -0.3 is 14.6 Å². The molecule has 0 saturated carbocycles. The van der Waals surface area contributed by atoms with Crippen molar-refractivity contribution in [3.8, 4) is 16.3 Å². The Morgan fingerprint density at radius 2 is 2.03 bits per heavy atom. The number of rotatable bonds is 3. The van der Waals surface area contributed by atoms with Crippen LogP contribution in [0.1, 0.15) is 53.3 Å². The molecule has 2 aliphatic heterocycles. The maximum atomic E-state index is 14.0. The van der Waals surface area contributed by atoms with E-state index in [9.17, 15) is 23.5 Å². The van der Waals surface area contributed by atoms with Crippen LogP contribution in [0.2, 0.25) is 0 Å². The minimum absolute atomic E-state index is 0.0156. The molecule has 1 N–H and O–H groups in total. The lowest BCUT2D eigenvalue weighted by Crippen LogP contribution is -2.46. The van der Waals surface area contributed by atoms with Crippen molar-refractivity contribution in [2.75, 3.05) is 6.54 Å². The molecule has 0 unspecified atom stereocenters. The topological polar surface area (TPSA) is 88.3 Å². The minimum atomic E-state index is -0.687. The maximum Gasteiger partial charge on any atom is 0.274 e. The van der Waals surface area contributed by atoms with Gasteiger partial charge in [0.25, 0.3) is 5.91 Å². The SMILES string of the molecule is C[C@H]1CCC[C@H]2CN1C(=O)c1c(O)c(=O)c(-c3nnc(Cc4ccc(F)cc4F)s3)cn12. The summed E-state index contributed by atoms with van der Waals surface area (Å²) in [6.07, 6.45) is 4.30. The van der Waals surface area contributed by atoms with Gasteiger partial charge in [0.05, 0.1) is 11.6 Å². The zero-order chi connectivity index (χ0) is 22.6. The van der Waals surface area contributed by atoms with E-state index in [2.05, 4.69) is 10.2 Å². The molecule has 4 heterocycles. The Hall–Kier alpha value is -3.14. The Morgan fingerprint density at radius 3 is 2.81 bits per heavy atom. The van der Waals surface area contributed by atoms with Crippen LogP contribution in [0.15, 0.2) is 29.2 Å². The van der Waals surface area contributed by atoms with Crippen molar-refractivity contribution in [2.24, 2.45) is 0 Å². The summed E-state index contributed by atoms with van der Waals surface area (Å²) in [7, 11) is 0. The molecule has 1 aromatic carbocycles. The second-order valence-electron chi connectivity index (χ2n) is 8.28. The summed E-state index contributed by atoms with van der Waals surface area (Å²) in [5, 5.41) is 19.5. The van der Waals surface area contributed by atoms with E-state index < -0.39 is 22.8 Å². The Bertz CT molecular complexity index is 1290. The van der Waals surface area contributed by atoms with Gasteiger partial charge in [0.1, 0.15) is 16.6 Å². The van der Waals surface area contributed by atoms with Crippen LogP contribution in [-0.4, -0.2) is 43.3 Å². The maximum absolute atomic E-state index is 14.0. The quantitative estimate of drug-likeness (QED) is 0.649. The highest BCUT2D eigenvalue weighted by Gasteiger charge is 2.38. The van der Waals surface area contributed by atoms with Crippen molar-refractivity contribution < 1.29 is 18.7 Å². The normalized spacial score (nSPS) is 20.2.